The Bertz CT molecular complexity index is 915. The molecule has 0 saturated carbocycles. The lowest BCUT2D eigenvalue weighted by molar-refractivity contribution is 0.290. The van der Waals surface area contributed by atoms with Crippen molar-refractivity contribution in [3.63, 3.8) is 0 Å². The van der Waals surface area contributed by atoms with Crippen molar-refractivity contribution in [2.45, 2.75) is 44.4 Å². The lowest BCUT2D eigenvalue weighted by Gasteiger charge is -2.36. The highest BCUT2D eigenvalue weighted by molar-refractivity contribution is 7.91. The van der Waals surface area contributed by atoms with Gasteiger partial charge in [0.2, 0.25) is 0 Å². The van der Waals surface area contributed by atoms with Gasteiger partial charge in [0.1, 0.15) is 5.75 Å². The molecule has 1 N–H and O–H groups in total. The second-order valence-corrected chi connectivity index (χ2v) is 9.77. The van der Waals surface area contributed by atoms with E-state index in [4.69, 9.17) is 11.6 Å². The Morgan fingerprint density at radius 2 is 1.89 bits per heavy atom. The summed E-state index contributed by atoms with van der Waals surface area (Å²) < 4.78 is 26.6. The molecular formula is C21H26ClNO3S. The Balaban J connectivity index is 2.24. The van der Waals surface area contributed by atoms with Gasteiger partial charge in [0, 0.05) is 23.7 Å². The fraction of sp³-hybridized carbons (Fsp3) is 0.429. The van der Waals surface area contributed by atoms with E-state index in [1.54, 1.807) is 6.07 Å². The Morgan fingerprint density at radius 3 is 2.52 bits per heavy atom. The van der Waals surface area contributed by atoms with Crippen LogP contribution in [0.2, 0.25) is 5.02 Å². The Morgan fingerprint density at radius 1 is 1.19 bits per heavy atom. The number of para-hydroxylation sites is 1. The summed E-state index contributed by atoms with van der Waals surface area (Å²) >= 11 is 6.16. The van der Waals surface area contributed by atoms with Crippen molar-refractivity contribution in [1.82, 2.24) is 0 Å². The standard InChI is InChI=1S/C21H26ClNO3S/c1-3-5-11-21(4-2)14-23(16-9-7-6-8-10-16)18-12-17(22)19(24)13-20(18)27(25,26)15-21/h6-10,12-13,24H,3-5,11,14-15H2,1-2H3/t21-/m1/s1. The first-order valence-electron chi connectivity index (χ1n) is 9.40. The van der Waals surface area contributed by atoms with Gasteiger partial charge in [-0.05, 0) is 31.0 Å². The van der Waals surface area contributed by atoms with Gasteiger partial charge in [-0.15, -0.1) is 0 Å². The van der Waals surface area contributed by atoms with Crippen LogP contribution < -0.4 is 4.90 Å². The molecule has 0 amide bonds. The minimum Gasteiger partial charge on any atom is -0.506 e. The summed E-state index contributed by atoms with van der Waals surface area (Å²) in [6, 6.07) is 12.6. The maximum absolute atomic E-state index is 13.3. The molecule has 1 aliphatic rings. The number of aromatic hydroxyl groups is 1. The summed E-state index contributed by atoms with van der Waals surface area (Å²) in [5.41, 5.74) is 1.11. The van der Waals surface area contributed by atoms with Crippen LogP contribution in [0.15, 0.2) is 47.4 Å². The number of sulfone groups is 1. The molecule has 0 aromatic heterocycles. The summed E-state index contributed by atoms with van der Waals surface area (Å²) in [5, 5.41) is 10.2. The van der Waals surface area contributed by atoms with E-state index in [2.05, 4.69) is 13.8 Å². The second-order valence-electron chi connectivity index (χ2n) is 7.41. The summed E-state index contributed by atoms with van der Waals surface area (Å²) in [4.78, 5) is 2.20. The molecule has 2 aromatic rings. The minimum absolute atomic E-state index is 0.0773. The Labute approximate surface area is 166 Å². The van der Waals surface area contributed by atoms with Crippen molar-refractivity contribution in [1.29, 1.82) is 0 Å². The summed E-state index contributed by atoms with van der Waals surface area (Å²) in [7, 11) is -3.57. The average Bonchev–Trinajstić information content (AvgIpc) is 2.75. The molecule has 3 rings (SSSR count). The SMILES string of the molecule is CCCC[C@]1(CC)CN(c2ccccc2)c2cc(Cl)c(O)cc2S(=O)(=O)C1. The third kappa shape index (κ3) is 3.94. The van der Waals surface area contributed by atoms with E-state index in [1.165, 1.54) is 6.07 Å². The van der Waals surface area contributed by atoms with Crippen molar-refractivity contribution in [3.8, 4) is 5.75 Å². The van der Waals surface area contributed by atoms with E-state index >= 15 is 0 Å². The van der Waals surface area contributed by atoms with E-state index in [0.717, 1.165) is 31.4 Å². The third-order valence-corrected chi connectivity index (χ3v) is 7.81. The molecule has 0 fully saturated rings. The van der Waals surface area contributed by atoms with Crippen LogP contribution in [-0.4, -0.2) is 25.8 Å². The van der Waals surface area contributed by atoms with Gasteiger partial charge in [-0.2, -0.15) is 0 Å². The quantitative estimate of drug-likeness (QED) is 0.705. The van der Waals surface area contributed by atoms with Crippen molar-refractivity contribution in [2.24, 2.45) is 5.41 Å². The molecule has 27 heavy (non-hydrogen) atoms. The number of fused-ring (bicyclic) bond motifs is 1. The second kappa shape index (κ2) is 7.72. The zero-order chi connectivity index (χ0) is 19.7. The monoisotopic (exact) mass is 407 g/mol. The van der Waals surface area contributed by atoms with Gasteiger partial charge in [0.25, 0.3) is 0 Å². The van der Waals surface area contributed by atoms with E-state index in [0.29, 0.717) is 12.2 Å². The van der Waals surface area contributed by atoms with Crippen LogP contribution in [-0.2, 0) is 9.84 Å². The molecule has 0 saturated heterocycles. The molecule has 0 unspecified atom stereocenters. The normalized spacial score (nSPS) is 21.5. The molecular weight excluding hydrogens is 382 g/mol. The molecule has 1 heterocycles. The van der Waals surface area contributed by atoms with Crippen LogP contribution in [0.3, 0.4) is 0 Å². The molecule has 0 bridgehead atoms. The number of phenols is 1. The predicted molar refractivity (Wildman–Crippen MR) is 111 cm³/mol. The Hall–Kier alpha value is -1.72. The van der Waals surface area contributed by atoms with Crippen LogP contribution in [0, 0.1) is 5.41 Å². The van der Waals surface area contributed by atoms with E-state index < -0.39 is 9.84 Å². The number of anilines is 2. The highest BCUT2D eigenvalue weighted by atomic mass is 35.5. The van der Waals surface area contributed by atoms with Gasteiger partial charge in [-0.25, -0.2) is 8.42 Å². The third-order valence-electron chi connectivity index (χ3n) is 5.52. The molecule has 1 atom stereocenters. The van der Waals surface area contributed by atoms with Crippen LogP contribution in [0.25, 0.3) is 0 Å². The first-order valence-corrected chi connectivity index (χ1v) is 11.4. The molecule has 0 aliphatic carbocycles. The number of unbranched alkanes of at least 4 members (excludes halogenated alkanes) is 1. The minimum atomic E-state index is -3.57. The topological polar surface area (TPSA) is 57.6 Å². The number of halogens is 1. The lowest BCUT2D eigenvalue weighted by atomic mass is 9.81. The van der Waals surface area contributed by atoms with Crippen LogP contribution in [0.1, 0.15) is 39.5 Å². The fourth-order valence-electron chi connectivity index (χ4n) is 3.87. The van der Waals surface area contributed by atoms with Crippen molar-refractivity contribution < 1.29 is 13.5 Å². The van der Waals surface area contributed by atoms with Crippen molar-refractivity contribution >= 4 is 32.8 Å². The van der Waals surface area contributed by atoms with Crippen LogP contribution in [0.4, 0.5) is 11.4 Å². The maximum Gasteiger partial charge on any atom is 0.181 e. The summed E-state index contributed by atoms with van der Waals surface area (Å²) in [6.07, 6.45) is 3.61. The fourth-order valence-corrected chi connectivity index (χ4v) is 6.21. The van der Waals surface area contributed by atoms with Crippen LogP contribution in [0.5, 0.6) is 5.75 Å². The Kier molecular flexibility index (Phi) is 5.73. The average molecular weight is 408 g/mol. The molecule has 1 aliphatic heterocycles. The number of hydrogen-bond acceptors (Lipinski definition) is 4. The zero-order valence-electron chi connectivity index (χ0n) is 15.8. The van der Waals surface area contributed by atoms with Gasteiger partial charge in [0.15, 0.2) is 9.84 Å². The highest BCUT2D eigenvalue weighted by Crippen LogP contribution is 2.46. The van der Waals surface area contributed by atoms with Crippen LogP contribution >= 0.6 is 11.6 Å². The summed E-state index contributed by atoms with van der Waals surface area (Å²) in [6.45, 7) is 4.78. The molecule has 146 valence electrons. The lowest BCUT2D eigenvalue weighted by Crippen LogP contribution is -2.37. The first kappa shape index (κ1) is 20.0. The zero-order valence-corrected chi connectivity index (χ0v) is 17.4. The first-order chi connectivity index (χ1) is 12.8. The maximum atomic E-state index is 13.3. The molecule has 0 spiro atoms. The number of benzene rings is 2. The molecule has 2 aromatic carbocycles. The number of hydrogen-bond donors (Lipinski definition) is 1. The van der Waals surface area contributed by atoms with E-state index in [-0.39, 0.29) is 26.8 Å². The van der Waals surface area contributed by atoms with E-state index in [9.17, 15) is 13.5 Å². The summed E-state index contributed by atoms with van der Waals surface area (Å²) in [5.74, 6) is -0.127. The van der Waals surface area contributed by atoms with E-state index in [1.807, 2.05) is 35.2 Å². The van der Waals surface area contributed by atoms with Gasteiger partial charge < -0.3 is 10.0 Å². The highest BCUT2D eigenvalue weighted by Gasteiger charge is 2.41. The largest absolute Gasteiger partial charge is 0.506 e. The van der Waals surface area contributed by atoms with Crippen molar-refractivity contribution in [3.05, 3.63) is 47.5 Å². The molecule has 0 radical (unpaired) electrons. The molecule has 6 heteroatoms. The van der Waals surface area contributed by atoms with Gasteiger partial charge in [-0.3, -0.25) is 0 Å². The smallest absolute Gasteiger partial charge is 0.181 e. The van der Waals surface area contributed by atoms with Gasteiger partial charge >= 0.3 is 0 Å². The van der Waals surface area contributed by atoms with Crippen molar-refractivity contribution in [2.75, 3.05) is 17.2 Å². The number of phenolic OH excluding ortho intramolecular Hbond substituents is 1. The van der Waals surface area contributed by atoms with Gasteiger partial charge in [0.05, 0.1) is 21.4 Å². The number of rotatable bonds is 5. The van der Waals surface area contributed by atoms with Gasteiger partial charge in [-0.1, -0.05) is 56.5 Å². The predicted octanol–water partition coefficient (Wildman–Crippen LogP) is 5.56. The molecule has 4 nitrogen and oxygen atoms in total. The number of nitrogens with zero attached hydrogens (tertiary/aromatic N) is 1.